The van der Waals surface area contributed by atoms with Gasteiger partial charge in [-0.3, -0.25) is 0 Å². The molecular weight excluding hydrogens is 201 g/mol. The molecule has 0 saturated heterocycles. The number of rotatable bonds is 0. The number of carbonyl (C=O) groups is 2. The van der Waals surface area contributed by atoms with Gasteiger partial charge in [0.25, 0.3) is 0 Å². The number of carboxylic acid groups (broad SMARTS) is 2. The Bertz CT molecular complexity index is 70.6. The first-order chi connectivity index (χ1) is 3.46. The van der Waals surface area contributed by atoms with Crippen LogP contribution in [0.4, 0.5) is 0 Å². The number of aliphatic carboxylic acids is 2. The molecule has 0 fully saturated rings. The first-order valence-electron chi connectivity index (χ1n) is 1.82. The number of hydrogen-bond acceptors (Lipinski definition) is 4. The zero-order valence-electron chi connectivity index (χ0n) is 5.21. The minimum Gasteiger partial charge on any atom is -0.550 e. The molecule has 0 aromatic heterocycles. The van der Waals surface area contributed by atoms with Gasteiger partial charge in [-0.25, -0.2) is 0 Å². The van der Waals surface area contributed by atoms with E-state index in [-0.39, 0.29) is 32.7 Å². The third-order valence-corrected chi connectivity index (χ3v) is 0. The van der Waals surface area contributed by atoms with E-state index in [1.807, 2.05) is 0 Å². The van der Waals surface area contributed by atoms with E-state index in [0.29, 0.717) is 0 Å². The largest absolute Gasteiger partial charge is 0.550 e. The molecule has 0 aromatic carbocycles. The molecule has 0 saturated carbocycles. The van der Waals surface area contributed by atoms with Crippen LogP contribution in [0.5, 0.6) is 0 Å². The Balaban J connectivity index is -0.0000000720. The topological polar surface area (TPSA) is 80.3 Å². The Morgan fingerprint density at radius 3 is 1.00 bits per heavy atom. The second-order valence-corrected chi connectivity index (χ2v) is 0.983. The summed E-state index contributed by atoms with van der Waals surface area (Å²) in [4.78, 5) is 17.8. The molecule has 0 aliphatic heterocycles. The van der Waals surface area contributed by atoms with Gasteiger partial charge < -0.3 is 19.8 Å². The standard InChI is InChI=1S/2C2H4O2.Y/c2*1-2(3)4;/h2*1H3,(H,3,4);/p-2. The van der Waals surface area contributed by atoms with Gasteiger partial charge in [0.15, 0.2) is 0 Å². The van der Waals surface area contributed by atoms with Crippen molar-refractivity contribution in [2.75, 3.05) is 0 Å². The van der Waals surface area contributed by atoms with Gasteiger partial charge >= 0.3 is 0 Å². The first kappa shape index (κ1) is 16.0. The molecule has 51 valence electrons. The summed E-state index contributed by atoms with van der Waals surface area (Å²) in [7, 11) is 0. The molecule has 0 aliphatic rings. The molecule has 9 heavy (non-hydrogen) atoms. The predicted octanol–water partition coefficient (Wildman–Crippen LogP) is -2.49. The van der Waals surface area contributed by atoms with Crippen LogP contribution in [-0.2, 0) is 42.3 Å². The Labute approximate surface area is 78.1 Å². The summed E-state index contributed by atoms with van der Waals surface area (Å²) in [5, 5.41) is 17.8. The normalized spacial score (nSPS) is 5.56. The summed E-state index contributed by atoms with van der Waals surface area (Å²) in [5.74, 6) is -2.17. The molecule has 0 heterocycles. The van der Waals surface area contributed by atoms with Gasteiger partial charge in [0.2, 0.25) is 0 Å². The van der Waals surface area contributed by atoms with E-state index in [9.17, 15) is 0 Å². The number of hydrogen-bond donors (Lipinski definition) is 0. The van der Waals surface area contributed by atoms with E-state index >= 15 is 0 Å². The maximum Gasteiger partial charge on any atom is 0.0383 e. The third-order valence-electron chi connectivity index (χ3n) is 0. The van der Waals surface area contributed by atoms with E-state index < -0.39 is 11.9 Å². The summed E-state index contributed by atoms with van der Waals surface area (Å²) >= 11 is 0. The summed E-state index contributed by atoms with van der Waals surface area (Å²) in [6.45, 7) is 1.94. The van der Waals surface area contributed by atoms with E-state index in [1.165, 1.54) is 0 Å². The van der Waals surface area contributed by atoms with Gasteiger partial charge in [0, 0.05) is 44.6 Å². The van der Waals surface area contributed by atoms with Crippen molar-refractivity contribution in [3.05, 3.63) is 0 Å². The maximum absolute atomic E-state index is 8.89. The average Bonchev–Trinajstić information content (AvgIpc) is 1.25. The number of carbonyl (C=O) groups excluding carboxylic acids is 2. The fourth-order valence-electron chi connectivity index (χ4n) is 0. The zero-order valence-corrected chi connectivity index (χ0v) is 8.05. The average molecular weight is 207 g/mol. The molecule has 0 atom stereocenters. The quantitative estimate of drug-likeness (QED) is 0.440. The Kier molecular flexibility index (Phi) is 19.4. The Hall–Kier alpha value is 0.0439. The summed E-state index contributed by atoms with van der Waals surface area (Å²) in [6, 6.07) is 0. The van der Waals surface area contributed by atoms with Crippen molar-refractivity contribution in [2.45, 2.75) is 13.8 Å². The summed E-state index contributed by atoms with van der Waals surface area (Å²) in [5.41, 5.74) is 0. The first-order valence-corrected chi connectivity index (χ1v) is 1.82. The monoisotopic (exact) mass is 207 g/mol. The Morgan fingerprint density at radius 2 is 1.00 bits per heavy atom. The van der Waals surface area contributed by atoms with E-state index in [2.05, 4.69) is 0 Å². The van der Waals surface area contributed by atoms with Crippen molar-refractivity contribution in [3.8, 4) is 0 Å². The predicted molar refractivity (Wildman–Crippen MR) is 21.4 cm³/mol. The van der Waals surface area contributed by atoms with Crippen LogP contribution in [0.1, 0.15) is 13.8 Å². The molecule has 5 heteroatoms. The third kappa shape index (κ3) is 152000. The van der Waals surface area contributed by atoms with Crippen molar-refractivity contribution >= 4 is 11.9 Å². The molecular formula is C4H6O4Y-2. The van der Waals surface area contributed by atoms with E-state index in [4.69, 9.17) is 19.8 Å². The van der Waals surface area contributed by atoms with Crippen molar-refractivity contribution in [1.29, 1.82) is 0 Å². The zero-order chi connectivity index (χ0) is 7.15. The van der Waals surface area contributed by atoms with Gasteiger partial charge in [-0.15, -0.1) is 0 Å². The molecule has 0 N–H and O–H groups in total. The molecule has 0 unspecified atom stereocenters. The van der Waals surface area contributed by atoms with Crippen LogP contribution in [0.25, 0.3) is 0 Å². The van der Waals surface area contributed by atoms with Crippen LogP contribution < -0.4 is 10.2 Å². The second kappa shape index (κ2) is 10.9. The van der Waals surface area contributed by atoms with Crippen LogP contribution in [-0.4, -0.2) is 11.9 Å². The molecule has 0 rings (SSSR count). The van der Waals surface area contributed by atoms with Crippen LogP contribution in [0.3, 0.4) is 0 Å². The molecule has 1 radical (unpaired) electrons. The minimum absolute atomic E-state index is 0. The van der Waals surface area contributed by atoms with E-state index in [1.54, 1.807) is 0 Å². The van der Waals surface area contributed by atoms with Crippen LogP contribution in [0, 0.1) is 0 Å². The van der Waals surface area contributed by atoms with Crippen LogP contribution in [0.15, 0.2) is 0 Å². The summed E-state index contributed by atoms with van der Waals surface area (Å²) < 4.78 is 0. The van der Waals surface area contributed by atoms with Gasteiger partial charge in [0.1, 0.15) is 0 Å². The molecule has 4 nitrogen and oxygen atoms in total. The maximum atomic E-state index is 8.89. The van der Waals surface area contributed by atoms with Crippen molar-refractivity contribution < 1.29 is 52.5 Å². The van der Waals surface area contributed by atoms with Gasteiger partial charge in [-0.05, 0) is 13.8 Å². The van der Waals surface area contributed by atoms with Gasteiger partial charge in [-0.1, -0.05) is 0 Å². The SMILES string of the molecule is CC(=O)[O-].CC(=O)[O-].[Y]. The van der Waals surface area contributed by atoms with Crippen molar-refractivity contribution in [2.24, 2.45) is 0 Å². The molecule has 0 spiro atoms. The summed E-state index contributed by atoms with van der Waals surface area (Å²) in [6.07, 6.45) is 0. The minimum atomic E-state index is -1.08. The fraction of sp³-hybridized carbons (Fsp3) is 0.500. The van der Waals surface area contributed by atoms with E-state index in [0.717, 1.165) is 13.8 Å². The smallest absolute Gasteiger partial charge is 0.0383 e. The fourth-order valence-corrected chi connectivity index (χ4v) is 0. The molecule has 0 bridgehead atoms. The molecule has 0 aliphatic carbocycles. The van der Waals surface area contributed by atoms with Crippen LogP contribution >= 0.6 is 0 Å². The van der Waals surface area contributed by atoms with Crippen molar-refractivity contribution in [1.82, 2.24) is 0 Å². The molecule has 0 amide bonds. The van der Waals surface area contributed by atoms with Gasteiger partial charge in [0.05, 0.1) is 0 Å². The van der Waals surface area contributed by atoms with Crippen molar-refractivity contribution in [3.63, 3.8) is 0 Å². The second-order valence-electron chi connectivity index (χ2n) is 0.983. The van der Waals surface area contributed by atoms with Gasteiger partial charge in [-0.2, -0.15) is 0 Å². The Morgan fingerprint density at radius 1 is 1.00 bits per heavy atom. The number of carboxylic acids is 2. The van der Waals surface area contributed by atoms with Crippen LogP contribution in [0.2, 0.25) is 0 Å². The molecule has 0 aromatic rings.